The van der Waals surface area contributed by atoms with Crippen LogP contribution in [0.1, 0.15) is 89.4 Å². The second kappa shape index (κ2) is 14.7. The second-order valence-corrected chi connectivity index (χ2v) is 17.2. The molecule has 5 aliphatic rings. The molecule has 4 aromatic rings. The number of nitrogens with two attached hydrogens (primary N) is 1. The van der Waals surface area contributed by atoms with Crippen LogP contribution >= 0.6 is 0 Å². The number of hydrogen-bond donors (Lipinski definition) is 6. The number of phenols is 1. The highest BCUT2D eigenvalue weighted by atomic mass is 16.7. The lowest BCUT2D eigenvalue weighted by atomic mass is 9.76. The zero-order chi connectivity index (χ0) is 40.3. The number of carbonyl (C=O) groups is 1. The van der Waals surface area contributed by atoms with Crippen molar-refractivity contribution >= 4 is 27.8 Å². The minimum Gasteiger partial charge on any atom is -0.507 e. The number of aromatic amines is 1. The molecule has 9 rings (SSSR count). The number of nitrogens with one attached hydrogen (secondary N) is 4. The molecule has 3 aromatic heterocycles. The summed E-state index contributed by atoms with van der Waals surface area (Å²) >= 11 is 0. The number of nitrogens with zero attached hydrogens (tertiary/aromatic N) is 1. The van der Waals surface area contributed by atoms with Gasteiger partial charge in [0.1, 0.15) is 39.9 Å². The molecule has 2 saturated heterocycles. The molecule has 8 heterocycles. The average molecular weight is 791 g/mol. The van der Waals surface area contributed by atoms with Crippen molar-refractivity contribution in [2.45, 2.75) is 127 Å². The van der Waals surface area contributed by atoms with Gasteiger partial charge in [0.25, 0.3) is 0 Å². The molecule has 2 fully saturated rings. The zero-order valence-electron chi connectivity index (χ0n) is 33.7. The first-order valence-corrected chi connectivity index (χ1v) is 20.8. The number of benzene rings is 1. The highest BCUT2D eigenvalue weighted by Gasteiger charge is 2.65. The van der Waals surface area contributed by atoms with Crippen molar-refractivity contribution in [2.24, 2.45) is 5.73 Å². The van der Waals surface area contributed by atoms with Gasteiger partial charge in [0.2, 0.25) is 0 Å². The number of aromatic nitrogens is 2. The van der Waals surface area contributed by atoms with Crippen molar-refractivity contribution in [1.29, 1.82) is 0 Å². The Hall–Kier alpha value is -5.56. The van der Waals surface area contributed by atoms with E-state index in [0.717, 1.165) is 48.4 Å². The Labute approximate surface area is 337 Å². The van der Waals surface area contributed by atoms with Gasteiger partial charge in [0.05, 0.1) is 35.3 Å². The standard InChI is InChI=1S/C45H54N6O7/c1-5-6-7-14-48-38-20-28(19-29(49-38)23-51-22-27-12-15-47-32(27)24-51)31-17-26(18-37(46)50-31)10-11-36-45(58-36)13-8-9-30-39-35(57-44(3,4)42(30)56-43(45)54)21-34-40(41(39)53)33(52)16-25(2)55-34/h12,15-22,24,29-31,36,42,47-50,53H,5-11,13-14,23,46H2,1-4H3. The number of ether oxygens (including phenoxy) is 3. The van der Waals surface area contributed by atoms with Crippen molar-refractivity contribution in [3.63, 3.8) is 0 Å². The van der Waals surface area contributed by atoms with E-state index in [9.17, 15) is 14.7 Å². The Morgan fingerprint density at radius 2 is 1.97 bits per heavy atom. The van der Waals surface area contributed by atoms with Crippen LogP contribution in [0.15, 0.2) is 93.1 Å². The molecule has 1 spiro atoms. The van der Waals surface area contributed by atoms with Crippen LogP contribution in [0.5, 0.6) is 11.5 Å². The first kappa shape index (κ1) is 38.0. The number of hydrogen-bond acceptors (Lipinski definition) is 11. The fourth-order valence-electron chi connectivity index (χ4n) is 9.58. The summed E-state index contributed by atoms with van der Waals surface area (Å²) in [5, 5.41) is 23.6. The number of rotatable bonds is 11. The first-order chi connectivity index (χ1) is 27.9. The normalized spacial score (nSPS) is 27.4. The van der Waals surface area contributed by atoms with E-state index < -0.39 is 23.3 Å². The number of aryl methyl sites for hydroxylation is 1. The number of phenolic OH excluding ortho intramolecular Hbond substituents is 1. The summed E-state index contributed by atoms with van der Waals surface area (Å²) in [6.07, 6.45) is 20.4. The molecule has 13 heteroatoms. The maximum atomic E-state index is 14.1. The second-order valence-electron chi connectivity index (χ2n) is 17.2. The molecule has 13 nitrogen and oxygen atoms in total. The highest BCUT2D eigenvalue weighted by Crippen LogP contribution is 2.54. The number of allylic oxidation sites excluding steroid dienone is 2. The summed E-state index contributed by atoms with van der Waals surface area (Å²) in [5.41, 5.74) is 8.29. The van der Waals surface area contributed by atoms with Gasteiger partial charge in [0, 0.05) is 60.7 Å². The lowest BCUT2D eigenvalue weighted by molar-refractivity contribution is -0.173. The van der Waals surface area contributed by atoms with Crippen molar-refractivity contribution in [3.8, 4) is 11.5 Å². The number of esters is 1. The van der Waals surface area contributed by atoms with Crippen molar-refractivity contribution in [1.82, 2.24) is 25.5 Å². The molecule has 0 amide bonds. The Bertz CT molecular complexity index is 2420. The van der Waals surface area contributed by atoms with Crippen LogP contribution in [0.4, 0.5) is 0 Å². The maximum absolute atomic E-state index is 14.1. The molecule has 6 atom stereocenters. The van der Waals surface area contributed by atoms with E-state index in [4.69, 9.17) is 24.4 Å². The largest absolute Gasteiger partial charge is 0.507 e. The van der Waals surface area contributed by atoms with Gasteiger partial charge in [-0.15, -0.1) is 0 Å². The van der Waals surface area contributed by atoms with E-state index in [0.29, 0.717) is 55.0 Å². The van der Waals surface area contributed by atoms with E-state index in [1.165, 1.54) is 17.9 Å². The molecule has 7 N–H and O–H groups in total. The minimum absolute atomic E-state index is 0.0564. The molecule has 0 bridgehead atoms. The highest BCUT2D eigenvalue weighted by molar-refractivity contribution is 5.88. The van der Waals surface area contributed by atoms with Gasteiger partial charge in [-0.3, -0.25) is 4.79 Å². The SMILES string of the molecule is CCCCCNC1=CC(C2C=C(CCC3OC34CCCC3c5c(cc6oc(C)cc(=O)c6c5O)OC(C)(C)C3OC4=O)C=C(N)N2)=CC(Cn2cc3cc[nH]c3c2)N1. The topological polar surface area (TPSA) is 181 Å². The van der Waals surface area contributed by atoms with Crippen LogP contribution in [-0.2, 0) is 20.8 Å². The Kier molecular flexibility index (Phi) is 9.61. The summed E-state index contributed by atoms with van der Waals surface area (Å²) in [6.45, 7) is 9.32. The first-order valence-electron chi connectivity index (χ1n) is 20.8. The molecule has 58 heavy (non-hydrogen) atoms. The van der Waals surface area contributed by atoms with Gasteiger partial charge in [-0.2, -0.15) is 0 Å². The summed E-state index contributed by atoms with van der Waals surface area (Å²) in [7, 11) is 0. The van der Waals surface area contributed by atoms with E-state index in [2.05, 4.69) is 69.1 Å². The predicted octanol–water partition coefficient (Wildman–Crippen LogP) is 6.28. The molecule has 0 saturated carbocycles. The molecule has 6 unspecified atom stereocenters. The maximum Gasteiger partial charge on any atom is 0.341 e. The summed E-state index contributed by atoms with van der Waals surface area (Å²) in [5.74, 6) is 1.50. The van der Waals surface area contributed by atoms with E-state index in [1.807, 2.05) is 26.1 Å². The third kappa shape index (κ3) is 7.03. The fraction of sp³-hybridized carbons (Fsp3) is 0.467. The Balaban J connectivity index is 0.899. The molecule has 0 radical (unpaired) electrons. The number of aromatic hydroxyl groups is 1. The van der Waals surface area contributed by atoms with Crippen LogP contribution < -0.4 is 31.8 Å². The number of H-pyrrole nitrogens is 1. The summed E-state index contributed by atoms with van der Waals surface area (Å²) < 4.78 is 27.0. The molecule has 0 aliphatic carbocycles. The summed E-state index contributed by atoms with van der Waals surface area (Å²) in [6, 6.07) is 5.05. The number of unbranched alkanes of at least 4 members (excludes halogenated alkanes) is 2. The van der Waals surface area contributed by atoms with Gasteiger partial charge in [-0.25, -0.2) is 4.79 Å². The number of epoxide rings is 1. The predicted molar refractivity (Wildman–Crippen MR) is 221 cm³/mol. The van der Waals surface area contributed by atoms with Crippen LogP contribution in [0.3, 0.4) is 0 Å². The third-order valence-electron chi connectivity index (χ3n) is 12.4. The fourth-order valence-corrected chi connectivity index (χ4v) is 9.58. The Morgan fingerprint density at radius 1 is 1.10 bits per heavy atom. The minimum atomic E-state index is -1.04. The van der Waals surface area contributed by atoms with Crippen LogP contribution in [-0.4, -0.2) is 62.7 Å². The number of dihydropyridines is 2. The summed E-state index contributed by atoms with van der Waals surface area (Å²) in [4.78, 5) is 30.3. The monoisotopic (exact) mass is 790 g/mol. The lowest BCUT2D eigenvalue weighted by Crippen LogP contribution is -2.53. The third-order valence-corrected chi connectivity index (χ3v) is 12.4. The van der Waals surface area contributed by atoms with Gasteiger partial charge in [-0.1, -0.05) is 31.9 Å². The van der Waals surface area contributed by atoms with E-state index in [1.54, 1.807) is 13.0 Å². The van der Waals surface area contributed by atoms with E-state index >= 15 is 0 Å². The van der Waals surface area contributed by atoms with Gasteiger partial charge < -0.3 is 55.0 Å². The number of carbonyl (C=O) groups excluding carboxylic acids is 1. The van der Waals surface area contributed by atoms with Crippen molar-refractivity contribution in [3.05, 3.63) is 105 Å². The zero-order valence-corrected chi connectivity index (χ0v) is 33.7. The van der Waals surface area contributed by atoms with Gasteiger partial charge >= 0.3 is 5.97 Å². The van der Waals surface area contributed by atoms with Crippen molar-refractivity contribution < 1.29 is 28.5 Å². The van der Waals surface area contributed by atoms with Crippen LogP contribution in [0, 0.1) is 6.92 Å². The molecule has 306 valence electrons. The van der Waals surface area contributed by atoms with E-state index in [-0.39, 0.29) is 46.3 Å². The van der Waals surface area contributed by atoms with Crippen LogP contribution in [0.25, 0.3) is 21.9 Å². The van der Waals surface area contributed by atoms with Crippen LogP contribution in [0.2, 0.25) is 0 Å². The molecular formula is C45H54N6O7. The average Bonchev–Trinajstić information content (AvgIpc) is 3.49. The Morgan fingerprint density at radius 3 is 2.79 bits per heavy atom. The molecule has 5 aliphatic heterocycles. The van der Waals surface area contributed by atoms with Gasteiger partial charge in [0.15, 0.2) is 11.0 Å². The molecule has 1 aromatic carbocycles. The van der Waals surface area contributed by atoms with Gasteiger partial charge in [-0.05, 0) is 88.7 Å². The molecular weight excluding hydrogens is 737 g/mol. The quantitative estimate of drug-likeness (QED) is 0.0572. The smallest absolute Gasteiger partial charge is 0.341 e. The number of fused-ring (bicyclic) bond motifs is 5. The van der Waals surface area contributed by atoms with Crippen molar-refractivity contribution in [2.75, 3.05) is 6.54 Å². The lowest BCUT2D eigenvalue weighted by Gasteiger charge is -2.45.